The number of benzene rings is 2. The molecule has 0 saturated carbocycles. The molecular formula is C20H25BrN2O3S. The van der Waals surface area contributed by atoms with Gasteiger partial charge in [-0.05, 0) is 42.2 Å². The van der Waals surface area contributed by atoms with Crippen LogP contribution in [0.2, 0.25) is 0 Å². The van der Waals surface area contributed by atoms with Crippen LogP contribution in [0.1, 0.15) is 25.8 Å². The lowest BCUT2D eigenvalue weighted by Gasteiger charge is -2.22. The number of nitrogens with one attached hydrogen (secondary N) is 1. The van der Waals surface area contributed by atoms with E-state index in [-0.39, 0.29) is 23.9 Å². The molecule has 0 aliphatic rings. The molecule has 0 heterocycles. The summed E-state index contributed by atoms with van der Waals surface area (Å²) in [6.45, 7) is 4.61. The molecular weight excluding hydrogens is 428 g/mol. The second-order valence-corrected chi connectivity index (χ2v) is 9.60. The monoisotopic (exact) mass is 452 g/mol. The van der Waals surface area contributed by atoms with E-state index in [1.807, 2.05) is 30.3 Å². The van der Waals surface area contributed by atoms with Crippen LogP contribution >= 0.6 is 15.9 Å². The minimum atomic E-state index is -3.80. The third-order valence-corrected chi connectivity index (χ3v) is 6.35. The summed E-state index contributed by atoms with van der Waals surface area (Å²) in [6, 6.07) is 15.7. The van der Waals surface area contributed by atoms with Crippen LogP contribution in [-0.4, -0.2) is 31.7 Å². The second kappa shape index (κ2) is 10.0. The molecule has 0 aliphatic heterocycles. The Bertz CT molecular complexity index is 837. The first-order chi connectivity index (χ1) is 12.8. The average Bonchev–Trinajstić information content (AvgIpc) is 2.62. The van der Waals surface area contributed by atoms with Crippen LogP contribution < -0.4 is 5.32 Å². The highest BCUT2D eigenvalue weighted by Crippen LogP contribution is 2.20. The Morgan fingerprint density at radius 2 is 1.70 bits per heavy atom. The molecule has 0 atom stereocenters. The zero-order valence-electron chi connectivity index (χ0n) is 15.6. The van der Waals surface area contributed by atoms with Gasteiger partial charge in [0.05, 0.1) is 11.4 Å². The first kappa shape index (κ1) is 21.6. The van der Waals surface area contributed by atoms with Crippen molar-refractivity contribution in [3.63, 3.8) is 0 Å². The van der Waals surface area contributed by atoms with Gasteiger partial charge in [-0.1, -0.05) is 60.1 Å². The Labute approximate surface area is 170 Å². The summed E-state index contributed by atoms with van der Waals surface area (Å²) >= 11 is 3.31. The SMILES string of the molecule is CC(C)CCNC(=O)CN(Cc1ccccc1)S(=O)(=O)c1ccc(Br)cc1. The summed E-state index contributed by atoms with van der Waals surface area (Å²) in [5.41, 5.74) is 0.827. The number of rotatable bonds is 9. The van der Waals surface area contributed by atoms with Crippen molar-refractivity contribution in [1.29, 1.82) is 0 Å². The standard InChI is InChI=1S/C20H25BrN2O3S/c1-16(2)12-13-22-20(24)15-23(14-17-6-4-3-5-7-17)27(25,26)19-10-8-18(21)9-11-19/h3-11,16H,12-15H2,1-2H3,(H,22,24). The molecule has 146 valence electrons. The van der Waals surface area contributed by atoms with E-state index in [0.717, 1.165) is 16.5 Å². The quantitative estimate of drug-likeness (QED) is 0.628. The molecule has 0 spiro atoms. The third kappa shape index (κ3) is 6.75. The smallest absolute Gasteiger partial charge is 0.243 e. The summed E-state index contributed by atoms with van der Waals surface area (Å²) in [5, 5.41) is 2.81. The van der Waals surface area contributed by atoms with Gasteiger partial charge in [0.15, 0.2) is 0 Å². The molecule has 7 heteroatoms. The van der Waals surface area contributed by atoms with E-state index < -0.39 is 10.0 Å². The van der Waals surface area contributed by atoms with E-state index in [4.69, 9.17) is 0 Å². The fourth-order valence-corrected chi connectivity index (χ4v) is 4.13. The van der Waals surface area contributed by atoms with Crippen LogP contribution in [-0.2, 0) is 21.4 Å². The van der Waals surface area contributed by atoms with E-state index in [9.17, 15) is 13.2 Å². The zero-order valence-corrected chi connectivity index (χ0v) is 18.0. The summed E-state index contributed by atoms with van der Waals surface area (Å²) in [6.07, 6.45) is 0.851. The molecule has 27 heavy (non-hydrogen) atoms. The van der Waals surface area contributed by atoms with E-state index in [2.05, 4.69) is 35.1 Å². The highest BCUT2D eigenvalue weighted by Gasteiger charge is 2.26. The number of hydrogen-bond acceptors (Lipinski definition) is 3. The van der Waals surface area contributed by atoms with Crippen molar-refractivity contribution in [3.8, 4) is 0 Å². The maximum absolute atomic E-state index is 13.1. The lowest BCUT2D eigenvalue weighted by molar-refractivity contribution is -0.121. The molecule has 1 amide bonds. The lowest BCUT2D eigenvalue weighted by atomic mass is 10.1. The Morgan fingerprint density at radius 3 is 2.30 bits per heavy atom. The number of nitrogens with zero attached hydrogens (tertiary/aromatic N) is 1. The Balaban J connectivity index is 2.20. The van der Waals surface area contributed by atoms with Crippen molar-refractivity contribution >= 4 is 31.9 Å². The third-order valence-electron chi connectivity index (χ3n) is 4.02. The second-order valence-electron chi connectivity index (χ2n) is 6.75. The predicted octanol–water partition coefficient (Wildman–Crippen LogP) is 3.80. The van der Waals surface area contributed by atoms with Crippen LogP contribution in [0.3, 0.4) is 0 Å². The molecule has 0 saturated heterocycles. The molecule has 0 fully saturated rings. The maximum Gasteiger partial charge on any atom is 0.243 e. The minimum Gasteiger partial charge on any atom is -0.355 e. The topological polar surface area (TPSA) is 66.5 Å². The van der Waals surface area contributed by atoms with E-state index in [0.29, 0.717) is 12.5 Å². The fourth-order valence-electron chi connectivity index (χ4n) is 2.48. The Hall–Kier alpha value is -1.70. The molecule has 2 rings (SSSR count). The number of hydrogen-bond donors (Lipinski definition) is 1. The van der Waals surface area contributed by atoms with Crippen LogP contribution in [0.4, 0.5) is 0 Å². The summed E-state index contributed by atoms with van der Waals surface area (Å²) in [7, 11) is -3.80. The Kier molecular flexibility index (Phi) is 8.01. The summed E-state index contributed by atoms with van der Waals surface area (Å²) in [5.74, 6) is 0.171. The normalized spacial score (nSPS) is 11.7. The molecule has 2 aromatic carbocycles. The van der Waals surface area contributed by atoms with Gasteiger partial charge in [0.25, 0.3) is 0 Å². The number of carbonyl (C=O) groups is 1. The van der Waals surface area contributed by atoms with Crippen LogP contribution in [0, 0.1) is 5.92 Å². The van der Waals surface area contributed by atoms with Gasteiger partial charge in [-0.15, -0.1) is 0 Å². The van der Waals surface area contributed by atoms with E-state index >= 15 is 0 Å². The van der Waals surface area contributed by atoms with Gasteiger partial charge in [-0.3, -0.25) is 4.79 Å². The van der Waals surface area contributed by atoms with Gasteiger partial charge >= 0.3 is 0 Å². The van der Waals surface area contributed by atoms with Crippen molar-refractivity contribution in [2.24, 2.45) is 5.92 Å². The molecule has 0 aliphatic carbocycles. The van der Waals surface area contributed by atoms with Gasteiger partial charge in [0.1, 0.15) is 0 Å². The van der Waals surface area contributed by atoms with Gasteiger partial charge < -0.3 is 5.32 Å². The van der Waals surface area contributed by atoms with Crippen LogP contribution in [0.5, 0.6) is 0 Å². The first-order valence-electron chi connectivity index (χ1n) is 8.85. The number of sulfonamides is 1. The Morgan fingerprint density at radius 1 is 1.07 bits per heavy atom. The molecule has 2 aromatic rings. The summed E-state index contributed by atoms with van der Waals surface area (Å²) in [4.78, 5) is 12.5. The van der Waals surface area contributed by atoms with Gasteiger partial charge in [-0.25, -0.2) is 8.42 Å². The van der Waals surface area contributed by atoms with Crippen LogP contribution in [0.25, 0.3) is 0 Å². The van der Waals surface area contributed by atoms with Crippen LogP contribution in [0.15, 0.2) is 64.0 Å². The predicted molar refractivity (Wildman–Crippen MR) is 111 cm³/mol. The highest BCUT2D eigenvalue weighted by molar-refractivity contribution is 9.10. The number of carbonyl (C=O) groups excluding carboxylic acids is 1. The van der Waals surface area contributed by atoms with Crippen molar-refractivity contribution in [3.05, 3.63) is 64.6 Å². The largest absolute Gasteiger partial charge is 0.355 e. The number of halogens is 1. The van der Waals surface area contributed by atoms with Gasteiger partial charge in [-0.2, -0.15) is 4.31 Å². The van der Waals surface area contributed by atoms with Gasteiger partial charge in [0.2, 0.25) is 15.9 Å². The summed E-state index contributed by atoms with van der Waals surface area (Å²) < 4.78 is 28.2. The van der Waals surface area contributed by atoms with E-state index in [1.54, 1.807) is 12.1 Å². The fraction of sp³-hybridized carbons (Fsp3) is 0.350. The van der Waals surface area contributed by atoms with E-state index in [1.165, 1.54) is 16.4 Å². The molecule has 0 aromatic heterocycles. The van der Waals surface area contributed by atoms with Gasteiger partial charge in [0, 0.05) is 17.6 Å². The highest BCUT2D eigenvalue weighted by atomic mass is 79.9. The molecule has 0 bridgehead atoms. The minimum absolute atomic E-state index is 0.136. The molecule has 0 radical (unpaired) electrons. The molecule has 0 unspecified atom stereocenters. The maximum atomic E-state index is 13.1. The van der Waals surface area contributed by atoms with Crippen molar-refractivity contribution < 1.29 is 13.2 Å². The van der Waals surface area contributed by atoms with Crippen molar-refractivity contribution in [2.45, 2.75) is 31.7 Å². The lowest BCUT2D eigenvalue weighted by Crippen LogP contribution is -2.40. The van der Waals surface area contributed by atoms with Crippen molar-refractivity contribution in [2.75, 3.05) is 13.1 Å². The van der Waals surface area contributed by atoms with Crippen molar-refractivity contribution in [1.82, 2.24) is 9.62 Å². The average molecular weight is 453 g/mol. The molecule has 5 nitrogen and oxygen atoms in total. The number of amides is 1. The molecule has 1 N–H and O–H groups in total. The first-order valence-corrected chi connectivity index (χ1v) is 11.1. The zero-order chi connectivity index (χ0) is 19.9.